The van der Waals surface area contributed by atoms with Gasteiger partial charge in [0.1, 0.15) is 17.1 Å². The van der Waals surface area contributed by atoms with Crippen molar-refractivity contribution in [2.24, 2.45) is 0 Å². The smallest absolute Gasteiger partial charge is 0.412 e. The summed E-state index contributed by atoms with van der Waals surface area (Å²) in [7, 11) is 0. The fourth-order valence-electron chi connectivity index (χ4n) is 3.39. The molecular formula is C24H31NO4S. The van der Waals surface area contributed by atoms with Crippen LogP contribution in [0.15, 0.2) is 47.4 Å². The van der Waals surface area contributed by atoms with Gasteiger partial charge in [0, 0.05) is 5.56 Å². The fourth-order valence-corrected chi connectivity index (χ4v) is 4.53. The van der Waals surface area contributed by atoms with E-state index in [-0.39, 0.29) is 5.41 Å². The van der Waals surface area contributed by atoms with E-state index in [2.05, 4.69) is 38.2 Å². The molecule has 2 aromatic carbocycles. The molecule has 0 saturated heterocycles. The van der Waals surface area contributed by atoms with Gasteiger partial charge in [0.25, 0.3) is 0 Å². The molecule has 0 spiro atoms. The van der Waals surface area contributed by atoms with Gasteiger partial charge in [-0.25, -0.2) is 4.79 Å². The first-order chi connectivity index (χ1) is 14.1. The van der Waals surface area contributed by atoms with Crippen molar-refractivity contribution in [1.29, 1.82) is 0 Å². The quantitative estimate of drug-likeness (QED) is 0.449. The molecule has 0 aromatic heterocycles. The lowest BCUT2D eigenvalue weighted by molar-refractivity contribution is 0.0418. The van der Waals surface area contributed by atoms with Crippen LogP contribution in [0.1, 0.15) is 58.6 Å². The van der Waals surface area contributed by atoms with E-state index >= 15 is 0 Å². The number of cyclic esters (lactones) is 1. The van der Waals surface area contributed by atoms with Gasteiger partial charge in [-0.05, 0) is 79.2 Å². The van der Waals surface area contributed by atoms with Crippen molar-refractivity contribution in [1.82, 2.24) is 0 Å². The van der Waals surface area contributed by atoms with Gasteiger partial charge in [-0.1, -0.05) is 32.9 Å². The molecule has 0 aliphatic carbocycles. The van der Waals surface area contributed by atoms with Crippen molar-refractivity contribution in [2.45, 2.75) is 63.4 Å². The van der Waals surface area contributed by atoms with E-state index in [0.29, 0.717) is 12.4 Å². The lowest BCUT2D eigenvalue weighted by Gasteiger charge is -2.32. The van der Waals surface area contributed by atoms with Crippen LogP contribution in [0.25, 0.3) is 0 Å². The van der Waals surface area contributed by atoms with E-state index in [9.17, 15) is 9.35 Å². The van der Waals surface area contributed by atoms with Gasteiger partial charge in [0.15, 0.2) is 4.90 Å². The van der Waals surface area contributed by atoms with Crippen LogP contribution in [-0.4, -0.2) is 23.0 Å². The summed E-state index contributed by atoms with van der Waals surface area (Å²) in [6.45, 7) is 10.8. The van der Waals surface area contributed by atoms with Gasteiger partial charge in [-0.15, -0.1) is 0 Å². The average Bonchev–Trinajstić information content (AvgIpc) is 2.66. The number of anilines is 1. The van der Waals surface area contributed by atoms with Gasteiger partial charge in [-0.2, -0.15) is 0 Å². The van der Waals surface area contributed by atoms with Crippen LogP contribution < -0.4 is 10.1 Å². The second-order valence-corrected chi connectivity index (χ2v) is 10.7. The number of rotatable bonds is 7. The minimum Gasteiger partial charge on any atom is -0.611 e. The molecule has 1 heterocycles. The molecule has 162 valence electrons. The predicted molar refractivity (Wildman–Crippen MR) is 121 cm³/mol. The van der Waals surface area contributed by atoms with Crippen LogP contribution in [0.4, 0.5) is 10.5 Å². The van der Waals surface area contributed by atoms with Gasteiger partial charge in [0.05, 0.1) is 12.3 Å². The Kier molecular flexibility index (Phi) is 6.68. The summed E-state index contributed by atoms with van der Waals surface area (Å²) in [6.07, 6.45) is 1.20. The zero-order chi connectivity index (χ0) is 21.9. The number of benzene rings is 2. The highest BCUT2D eigenvalue weighted by Crippen LogP contribution is 2.37. The molecule has 0 bridgehead atoms. The third kappa shape index (κ3) is 5.49. The minimum atomic E-state index is -0.994. The molecule has 1 amide bonds. The van der Waals surface area contributed by atoms with Gasteiger partial charge < -0.3 is 14.0 Å². The third-order valence-corrected chi connectivity index (χ3v) is 6.66. The zero-order valence-corrected chi connectivity index (χ0v) is 19.2. The summed E-state index contributed by atoms with van der Waals surface area (Å²) in [5.74, 6) is 1.36. The number of ether oxygens (including phenoxy) is 2. The van der Waals surface area contributed by atoms with Crippen molar-refractivity contribution < 1.29 is 18.8 Å². The standard InChI is InChI=1S/C24H31NO4S/c1-23(2,3)17-8-11-19(12-9-17)30(27)15-7-6-14-28-18-10-13-21-20(16-18)24(4,5)29-22(26)25-21/h8-13,16H,6-7,14-15H2,1-5H3,(H,25,26). The molecule has 1 N–H and O–H groups in total. The monoisotopic (exact) mass is 429 g/mol. The van der Waals surface area contributed by atoms with Crippen LogP contribution in [0.5, 0.6) is 5.75 Å². The lowest BCUT2D eigenvalue weighted by Crippen LogP contribution is -2.34. The first kappa shape index (κ1) is 22.5. The largest absolute Gasteiger partial charge is 0.611 e. The Bertz CT molecular complexity index is 887. The molecule has 5 nitrogen and oxygen atoms in total. The first-order valence-corrected chi connectivity index (χ1v) is 11.6. The summed E-state index contributed by atoms with van der Waals surface area (Å²) in [5.41, 5.74) is 2.28. The van der Waals surface area contributed by atoms with Gasteiger partial charge in [-0.3, -0.25) is 5.32 Å². The maximum atomic E-state index is 12.5. The number of fused-ring (bicyclic) bond motifs is 1. The predicted octanol–water partition coefficient (Wildman–Crippen LogP) is 5.75. The molecule has 1 aliphatic heterocycles. The van der Waals surface area contributed by atoms with Crippen LogP contribution in [0.3, 0.4) is 0 Å². The maximum Gasteiger partial charge on any atom is 0.412 e. The first-order valence-electron chi connectivity index (χ1n) is 10.3. The number of hydrogen-bond acceptors (Lipinski definition) is 4. The van der Waals surface area contributed by atoms with E-state index in [0.717, 1.165) is 34.7 Å². The average molecular weight is 430 g/mol. The molecule has 0 radical (unpaired) electrons. The highest BCUT2D eigenvalue weighted by Gasteiger charge is 2.33. The van der Waals surface area contributed by atoms with E-state index in [4.69, 9.17) is 9.47 Å². The Hall–Kier alpha value is -2.18. The number of hydrogen-bond donors (Lipinski definition) is 1. The van der Waals surface area contributed by atoms with Crippen LogP contribution in [0, 0.1) is 0 Å². The van der Waals surface area contributed by atoms with E-state index in [1.165, 1.54) is 5.56 Å². The van der Waals surface area contributed by atoms with Gasteiger partial charge >= 0.3 is 6.09 Å². The molecule has 0 fully saturated rings. The fraction of sp³-hybridized carbons (Fsp3) is 0.458. The van der Waals surface area contributed by atoms with Crippen LogP contribution in [-0.2, 0) is 26.9 Å². The summed E-state index contributed by atoms with van der Waals surface area (Å²) >= 11 is -0.994. The zero-order valence-electron chi connectivity index (χ0n) is 18.4. The molecule has 30 heavy (non-hydrogen) atoms. The number of unbranched alkanes of at least 4 members (excludes halogenated alkanes) is 1. The second kappa shape index (κ2) is 8.90. The molecule has 2 aromatic rings. The van der Waals surface area contributed by atoms with Crippen molar-refractivity contribution >= 4 is 23.0 Å². The molecular weight excluding hydrogens is 398 g/mol. The summed E-state index contributed by atoms with van der Waals surface area (Å²) in [5, 5.41) is 2.71. The Morgan fingerprint density at radius 1 is 1.10 bits per heavy atom. The number of amides is 1. The summed E-state index contributed by atoms with van der Waals surface area (Å²) < 4.78 is 23.7. The Morgan fingerprint density at radius 3 is 2.47 bits per heavy atom. The number of nitrogens with one attached hydrogen (secondary N) is 1. The molecule has 1 atom stereocenters. The third-order valence-electron chi connectivity index (χ3n) is 5.20. The van der Waals surface area contributed by atoms with Gasteiger partial charge in [0.2, 0.25) is 0 Å². The molecule has 0 saturated carbocycles. The van der Waals surface area contributed by atoms with Crippen molar-refractivity contribution in [2.75, 3.05) is 17.7 Å². The summed E-state index contributed by atoms with van der Waals surface area (Å²) in [6, 6.07) is 13.7. The maximum absolute atomic E-state index is 12.5. The van der Waals surface area contributed by atoms with E-state index < -0.39 is 22.9 Å². The summed E-state index contributed by atoms with van der Waals surface area (Å²) in [4.78, 5) is 12.5. The second-order valence-electron chi connectivity index (χ2n) is 9.11. The van der Waals surface area contributed by atoms with Crippen LogP contribution in [0.2, 0.25) is 0 Å². The van der Waals surface area contributed by atoms with Crippen molar-refractivity contribution in [3.63, 3.8) is 0 Å². The Balaban J connectivity index is 1.46. The highest BCUT2D eigenvalue weighted by molar-refractivity contribution is 7.91. The lowest BCUT2D eigenvalue weighted by atomic mass is 9.87. The number of carbonyl (C=O) groups is 1. The topological polar surface area (TPSA) is 70.6 Å². The van der Waals surface area contributed by atoms with E-state index in [1.54, 1.807) is 0 Å². The number of carbonyl (C=O) groups excluding carboxylic acids is 1. The van der Waals surface area contributed by atoms with Crippen molar-refractivity contribution in [3.05, 3.63) is 53.6 Å². The molecule has 6 heteroatoms. The van der Waals surface area contributed by atoms with Crippen LogP contribution >= 0.6 is 0 Å². The molecule has 3 rings (SSSR count). The van der Waals surface area contributed by atoms with Crippen molar-refractivity contribution in [3.8, 4) is 5.75 Å². The highest BCUT2D eigenvalue weighted by atomic mass is 32.2. The minimum absolute atomic E-state index is 0.0982. The SMILES string of the molecule is CC(C)(C)c1ccc([S+]([O-])CCCCOc2ccc3c(c2)C(C)(C)OC(=O)N3)cc1. The normalized spacial score (nSPS) is 16.3. The van der Waals surface area contributed by atoms with E-state index in [1.807, 2.05) is 44.2 Å². The Labute approximate surface area is 182 Å². The molecule has 1 unspecified atom stereocenters. The Morgan fingerprint density at radius 2 is 1.80 bits per heavy atom. The molecule has 1 aliphatic rings.